The van der Waals surface area contributed by atoms with Gasteiger partial charge >= 0.3 is 0 Å². The van der Waals surface area contributed by atoms with Gasteiger partial charge in [-0.25, -0.2) is 0 Å². The molecular weight excluding hydrogens is 288 g/mol. The third-order valence-electron chi connectivity index (χ3n) is 4.38. The summed E-state index contributed by atoms with van der Waals surface area (Å²) >= 11 is 0. The molecule has 1 unspecified atom stereocenters. The Bertz CT molecular complexity index is 729. The molecule has 1 aliphatic rings. The summed E-state index contributed by atoms with van der Waals surface area (Å²) in [7, 11) is 1.82. The van der Waals surface area contributed by atoms with Gasteiger partial charge in [-0.1, -0.05) is 37.3 Å². The highest BCUT2D eigenvalue weighted by Gasteiger charge is 2.41. The van der Waals surface area contributed by atoms with Crippen LogP contribution in [0.5, 0.6) is 5.75 Å². The van der Waals surface area contributed by atoms with Crippen molar-refractivity contribution in [2.24, 2.45) is 0 Å². The van der Waals surface area contributed by atoms with Crippen LogP contribution < -0.4 is 10.1 Å². The van der Waals surface area contributed by atoms with Gasteiger partial charge < -0.3 is 15.0 Å². The predicted octanol–water partition coefficient (Wildman–Crippen LogP) is 3.85. The number of ether oxygens (including phenoxy) is 1. The number of carbonyl (C=O) groups is 1. The summed E-state index contributed by atoms with van der Waals surface area (Å²) in [6, 6.07) is 15.5. The van der Waals surface area contributed by atoms with E-state index >= 15 is 0 Å². The maximum Gasteiger partial charge on any atom is 0.257 e. The molecule has 0 saturated heterocycles. The quantitative estimate of drug-likeness (QED) is 0.932. The van der Waals surface area contributed by atoms with Gasteiger partial charge in [-0.3, -0.25) is 4.79 Å². The number of amides is 1. The number of nitrogens with one attached hydrogen (secondary N) is 1. The third kappa shape index (κ3) is 2.54. The van der Waals surface area contributed by atoms with Crippen LogP contribution in [0, 0.1) is 0 Å². The molecular formula is C19H22N2O2. The summed E-state index contributed by atoms with van der Waals surface area (Å²) in [6.45, 7) is 4.74. The lowest BCUT2D eigenvalue weighted by Crippen LogP contribution is -2.53. The largest absolute Gasteiger partial charge is 0.493 e. The molecule has 0 fully saturated rings. The average molecular weight is 310 g/mol. The topological polar surface area (TPSA) is 41.6 Å². The summed E-state index contributed by atoms with van der Waals surface area (Å²) in [5.41, 5.74) is 1.84. The fourth-order valence-corrected chi connectivity index (χ4v) is 2.96. The number of carbonyl (C=O) groups excluding carboxylic acids is 1. The Hall–Kier alpha value is -2.49. The highest BCUT2D eigenvalue weighted by Crippen LogP contribution is 2.40. The van der Waals surface area contributed by atoms with Crippen molar-refractivity contribution < 1.29 is 9.53 Å². The molecule has 0 spiro atoms. The fourth-order valence-electron chi connectivity index (χ4n) is 2.96. The molecule has 23 heavy (non-hydrogen) atoms. The van der Waals surface area contributed by atoms with Gasteiger partial charge in [-0.2, -0.15) is 0 Å². The van der Waals surface area contributed by atoms with Crippen LogP contribution in [0.3, 0.4) is 0 Å². The average Bonchev–Trinajstić information content (AvgIpc) is 2.58. The molecule has 4 heteroatoms. The minimum absolute atomic E-state index is 0.00662. The summed E-state index contributed by atoms with van der Waals surface area (Å²) in [5.74, 6) is 0.815. The highest BCUT2D eigenvalue weighted by molar-refractivity contribution is 6.02. The second kappa shape index (κ2) is 5.95. The van der Waals surface area contributed by atoms with E-state index in [1.54, 1.807) is 4.90 Å². The third-order valence-corrected chi connectivity index (χ3v) is 4.38. The van der Waals surface area contributed by atoms with Gasteiger partial charge in [0.25, 0.3) is 5.91 Å². The first-order chi connectivity index (χ1) is 11.1. The molecule has 1 amide bonds. The van der Waals surface area contributed by atoms with Crippen LogP contribution in [0.15, 0.2) is 48.5 Å². The van der Waals surface area contributed by atoms with Crippen molar-refractivity contribution in [1.82, 2.24) is 4.90 Å². The van der Waals surface area contributed by atoms with Crippen molar-refractivity contribution >= 4 is 11.6 Å². The Balaban J connectivity index is 2.07. The van der Waals surface area contributed by atoms with Gasteiger partial charge in [0.1, 0.15) is 11.4 Å². The molecule has 120 valence electrons. The molecule has 2 aromatic carbocycles. The molecule has 1 aliphatic heterocycles. The van der Waals surface area contributed by atoms with Crippen LogP contribution in [-0.2, 0) is 5.66 Å². The zero-order valence-electron chi connectivity index (χ0n) is 13.8. The molecule has 0 bridgehead atoms. The number of hydrogen-bond donors (Lipinski definition) is 1. The first kappa shape index (κ1) is 15.4. The lowest BCUT2D eigenvalue weighted by molar-refractivity contribution is 0.0610. The smallest absolute Gasteiger partial charge is 0.257 e. The highest BCUT2D eigenvalue weighted by atomic mass is 16.5. The predicted molar refractivity (Wildman–Crippen MR) is 91.7 cm³/mol. The van der Waals surface area contributed by atoms with Crippen LogP contribution in [0.1, 0.15) is 36.2 Å². The number of anilines is 1. The summed E-state index contributed by atoms with van der Waals surface area (Å²) < 4.78 is 5.90. The molecule has 1 N–H and O–H groups in total. The van der Waals surface area contributed by atoms with E-state index < -0.39 is 5.66 Å². The molecule has 2 aromatic rings. The Morgan fingerprint density at radius 3 is 2.61 bits per heavy atom. The second-order valence-corrected chi connectivity index (χ2v) is 5.95. The fraction of sp³-hybridized carbons (Fsp3) is 0.316. The molecule has 0 aromatic heterocycles. The molecule has 0 aliphatic carbocycles. The Morgan fingerprint density at radius 1 is 1.13 bits per heavy atom. The lowest BCUT2D eigenvalue weighted by Gasteiger charge is -2.45. The lowest BCUT2D eigenvalue weighted by atomic mass is 9.93. The van der Waals surface area contributed by atoms with Gasteiger partial charge in [0, 0.05) is 18.3 Å². The first-order valence-corrected chi connectivity index (χ1v) is 7.95. The van der Waals surface area contributed by atoms with Crippen LogP contribution in [-0.4, -0.2) is 24.5 Å². The molecule has 4 nitrogen and oxygen atoms in total. The van der Waals surface area contributed by atoms with Crippen molar-refractivity contribution in [2.45, 2.75) is 25.9 Å². The summed E-state index contributed by atoms with van der Waals surface area (Å²) in [5, 5.41) is 3.51. The van der Waals surface area contributed by atoms with Gasteiger partial charge in [0.15, 0.2) is 0 Å². The van der Waals surface area contributed by atoms with Gasteiger partial charge in [0.05, 0.1) is 12.2 Å². The number of rotatable bonds is 4. The molecule has 3 rings (SSSR count). The van der Waals surface area contributed by atoms with Crippen molar-refractivity contribution in [2.75, 3.05) is 19.0 Å². The van der Waals surface area contributed by atoms with E-state index in [-0.39, 0.29) is 5.91 Å². The van der Waals surface area contributed by atoms with Crippen molar-refractivity contribution in [3.8, 4) is 5.75 Å². The molecule has 1 atom stereocenters. The zero-order chi connectivity index (χ0) is 16.4. The van der Waals surface area contributed by atoms with E-state index in [1.165, 1.54) is 0 Å². The molecule has 0 saturated carbocycles. The SMILES string of the molecule is CCCOc1ccccc1C1(C)Nc2ccccc2C(=O)N1C. The maximum absolute atomic E-state index is 12.8. The van der Waals surface area contributed by atoms with Crippen LogP contribution in [0.4, 0.5) is 5.69 Å². The van der Waals surface area contributed by atoms with E-state index in [4.69, 9.17) is 4.74 Å². The Kier molecular flexibility index (Phi) is 3.99. The summed E-state index contributed by atoms with van der Waals surface area (Å²) in [4.78, 5) is 14.5. The second-order valence-electron chi connectivity index (χ2n) is 5.95. The van der Waals surface area contributed by atoms with Crippen molar-refractivity contribution in [1.29, 1.82) is 0 Å². The van der Waals surface area contributed by atoms with E-state index in [0.29, 0.717) is 12.2 Å². The monoisotopic (exact) mass is 310 g/mol. The van der Waals surface area contributed by atoms with Crippen molar-refractivity contribution in [3.63, 3.8) is 0 Å². The van der Waals surface area contributed by atoms with E-state index in [1.807, 2.05) is 62.5 Å². The van der Waals surface area contributed by atoms with Gasteiger partial charge in [-0.15, -0.1) is 0 Å². The minimum Gasteiger partial charge on any atom is -0.493 e. The first-order valence-electron chi connectivity index (χ1n) is 7.95. The molecule has 1 heterocycles. The van der Waals surface area contributed by atoms with Crippen molar-refractivity contribution in [3.05, 3.63) is 59.7 Å². The number of fused-ring (bicyclic) bond motifs is 1. The maximum atomic E-state index is 12.8. The van der Waals surface area contributed by atoms with E-state index in [0.717, 1.165) is 23.4 Å². The number of hydrogen-bond acceptors (Lipinski definition) is 3. The zero-order valence-corrected chi connectivity index (χ0v) is 13.8. The van der Waals surface area contributed by atoms with Crippen LogP contribution in [0.2, 0.25) is 0 Å². The van der Waals surface area contributed by atoms with Gasteiger partial charge in [0.2, 0.25) is 0 Å². The van der Waals surface area contributed by atoms with E-state index in [2.05, 4.69) is 12.2 Å². The standard InChI is InChI=1S/C19H22N2O2/c1-4-13-23-17-12-8-6-10-15(17)19(2)20-16-11-7-5-9-14(16)18(22)21(19)3/h5-12,20H,4,13H2,1-3H3. The molecule has 0 radical (unpaired) electrons. The van der Waals surface area contributed by atoms with Crippen LogP contribution >= 0.6 is 0 Å². The number of benzene rings is 2. The number of para-hydroxylation sites is 2. The minimum atomic E-state index is -0.657. The normalized spacial score (nSPS) is 20.0. The van der Waals surface area contributed by atoms with E-state index in [9.17, 15) is 4.79 Å². The van der Waals surface area contributed by atoms with Gasteiger partial charge in [-0.05, 0) is 31.5 Å². The number of nitrogens with zero attached hydrogens (tertiary/aromatic N) is 1. The Labute approximate surface area is 137 Å². The Morgan fingerprint density at radius 2 is 1.83 bits per heavy atom. The van der Waals surface area contributed by atoms with Crippen LogP contribution in [0.25, 0.3) is 0 Å². The summed E-state index contributed by atoms with van der Waals surface area (Å²) in [6.07, 6.45) is 0.941.